The van der Waals surface area contributed by atoms with Crippen LogP contribution in [0.15, 0.2) is 72.8 Å². The summed E-state index contributed by atoms with van der Waals surface area (Å²) in [6.07, 6.45) is 0. The van der Waals surface area contributed by atoms with Crippen LogP contribution < -0.4 is 10.6 Å². The fourth-order valence-corrected chi connectivity index (χ4v) is 4.24. The molecule has 1 aliphatic heterocycles. The average molecular weight is 516 g/mol. The van der Waals surface area contributed by atoms with E-state index in [1.54, 1.807) is 25.3 Å². The van der Waals surface area contributed by atoms with Crippen molar-refractivity contribution in [3.63, 3.8) is 0 Å². The molecule has 0 aromatic heterocycles. The molecule has 198 valence electrons. The van der Waals surface area contributed by atoms with Crippen LogP contribution in [0.5, 0.6) is 0 Å². The zero-order chi connectivity index (χ0) is 26.9. The Morgan fingerprint density at radius 3 is 2.39 bits per heavy atom. The highest BCUT2D eigenvalue weighted by Crippen LogP contribution is 2.38. The lowest BCUT2D eigenvalue weighted by molar-refractivity contribution is -0.110. The van der Waals surface area contributed by atoms with Gasteiger partial charge in [-0.3, -0.25) is 9.69 Å². The number of nitrogens with zero attached hydrogens (tertiary/aromatic N) is 1. The molecule has 0 radical (unpaired) electrons. The molecular formula is C30H33N3O5. The van der Waals surface area contributed by atoms with Crippen LogP contribution in [0, 0.1) is 0 Å². The average Bonchev–Trinajstić information content (AvgIpc) is 3.27. The number of hydrogen-bond donors (Lipinski definition) is 2. The van der Waals surface area contributed by atoms with Gasteiger partial charge in [-0.05, 0) is 42.4 Å². The third-order valence-corrected chi connectivity index (χ3v) is 6.22. The van der Waals surface area contributed by atoms with Crippen LogP contribution in [0.1, 0.15) is 27.0 Å². The molecule has 2 N–H and O–H groups in total. The molecule has 0 saturated heterocycles. The van der Waals surface area contributed by atoms with Gasteiger partial charge in [0.25, 0.3) is 5.91 Å². The topological polar surface area (TPSA) is 89.1 Å². The molecule has 0 bridgehead atoms. The van der Waals surface area contributed by atoms with Gasteiger partial charge in [-0.15, -0.1) is 0 Å². The Labute approximate surface area is 223 Å². The minimum absolute atomic E-state index is 0.237. The number of ether oxygens (including phenoxy) is 3. The normalized spacial score (nSPS) is 13.7. The number of benzene rings is 3. The van der Waals surface area contributed by atoms with Gasteiger partial charge in [-0.25, -0.2) is 4.79 Å². The molecule has 0 atom stereocenters. The van der Waals surface area contributed by atoms with Gasteiger partial charge in [0, 0.05) is 31.5 Å². The molecule has 0 unspecified atom stereocenters. The molecular weight excluding hydrogens is 482 g/mol. The van der Waals surface area contributed by atoms with Gasteiger partial charge < -0.3 is 24.8 Å². The van der Waals surface area contributed by atoms with Crippen molar-refractivity contribution >= 4 is 34.5 Å². The van der Waals surface area contributed by atoms with Gasteiger partial charge in [0.15, 0.2) is 0 Å². The lowest BCUT2D eigenvalue weighted by Gasteiger charge is -2.18. The number of carbonyl (C=O) groups is 2. The summed E-state index contributed by atoms with van der Waals surface area (Å²) < 4.78 is 15.4. The van der Waals surface area contributed by atoms with E-state index in [0.717, 1.165) is 29.9 Å². The number of nitrogens with one attached hydrogen (secondary N) is 2. The first-order valence-corrected chi connectivity index (χ1v) is 12.4. The highest BCUT2D eigenvalue weighted by molar-refractivity contribution is 6.37. The number of methoxy groups -OCH3 is 2. The molecule has 0 aliphatic carbocycles. The second-order valence-corrected chi connectivity index (χ2v) is 8.99. The highest BCUT2D eigenvalue weighted by atomic mass is 16.5. The maximum Gasteiger partial charge on any atom is 0.337 e. The van der Waals surface area contributed by atoms with E-state index in [1.807, 2.05) is 42.5 Å². The fourth-order valence-electron chi connectivity index (χ4n) is 4.24. The molecule has 38 heavy (non-hydrogen) atoms. The van der Waals surface area contributed by atoms with Crippen molar-refractivity contribution < 1.29 is 23.8 Å². The summed E-state index contributed by atoms with van der Waals surface area (Å²) in [5, 5.41) is 6.37. The molecule has 0 fully saturated rings. The smallest absolute Gasteiger partial charge is 0.337 e. The van der Waals surface area contributed by atoms with Gasteiger partial charge in [-0.1, -0.05) is 48.5 Å². The molecule has 1 aliphatic rings. The van der Waals surface area contributed by atoms with Gasteiger partial charge in [-0.2, -0.15) is 0 Å². The first-order valence-electron chi connectivity index (χ1n) is 12.4. The molecule has 8 nitrogen and oxygen atoms in total. The van der Waals surface area contributed by atoms with Crippen LogP contribution in [0.2, 0.25) is 0 Å². The standard InChI is InChI=1S/C30H33N3O5/c1-33(15-16-38-18-17-36-2)20-21-9-12-24(13-10-21)31-28(22-7-5-4-6-8-22)27-25-14-11-23(30(35)37-3)19-26(25)32-29(27)34/h4-14,19,31H,15-18,20H2,1-3H3,(H,32,34)/b28-27-. The maximum atomic E-state index is 13.2. The van der Waals surface area contributed by atoms with Crippen molar-refractivity contribution in [1.29, 1.82) is 0 Å². The number of esters is 1. The predicted octanol–water partition coefficient (Wildman–Crippen LogP) is 4.50. The summed E-state index contributed by atoms with van der Waals surface area (Å²) in [6.45, 7) is 3.46. The first-order chi connectivity index (χ1) is 18.5. The SMILES string of the molecule is COCCOCCN(C)Cc1ccc(N/C(=C2\C(=O)Nc3cc(C(=O)OC)ccc32)c2ccccc2)cc1. The van der Waals surface area contributed by atoms with Crippen molar-refractivity contribution in [2.75, 3.05) is 58.3 Å². The number of anilines is 2. The zero-order valence-electron chi connectivity index (χ0n) is 22.0. The fraction of sp³-hybridized carbons (Fsp3) is 0.267. The van der Waals surface area contributed by atoms with E-state index < -0.39 is 5.97 Å². The Kier molecular flexibility index (Phi) is 9.26. The van der Waals surface area contributed by atoms with E-state index in [1.165, 1.54) is 12.7 Å². The van der Waals surface area contributed by atoms with Crippen LogP contribution in [0.3, 0.4) is 0 Å². The summed E-state index contributed by atoms with van der Waals surface area (Å²) in [5.74, 6) is -0.690. The van der Waals surface area contributed by atoms with E-state index in [4.69, 9.17) is 14.2 Å². The van der Waals surface area contributed by atoms with Crippen LogP contribution in [-0.2, 0) is 25.5 Å². The van der Waals surface area contributed by atoms with Gasteiger partial charge in [0.1, 0.15) is 0 Å². The lowest BCUT2D eigenvalue weighted by atomic mass is 9.99. The second kappa shape index (κ2) is 13.0. The molecule has 1 amide bonds. The predicted molar refractivity (Wildman–Crippen MR) is 149 cm³/mol. The summed E-state index contributed by atoms with van der Waals surface area (Å²) in [4.78, 5) is 27.3. The van der Waals surface area contributed by atoms with Crippen LogP contribution in [0.25, 0.3) is 11.3 Å². The van der Waals surface area contributed by atoms with Crippen LogP contribution in [0.4, 0.5) is 11.4 Å². The largest absolute Gasteiger partial charge is 0.465 e. The first kappa shape index (κ1) is 27.1. The Morgan fingerprint density at radius 2 is 1.68 bits per heavy atom. The number of likely N-dealkylation sites (N-methyl/N-ethyl adjacent to an activating group) is 1. The Balaban J connectivity index is 1.55. The van der Waals surface area contributed by atoms with Crippen LogP contribution >= 0.6 is 0 Å². The maximum absolute atomic E-state index is 13.2. The van der Waals surface area contributed by atoms with Crippen LogP contribution in [-0.4, -0.2) is 64.4 Å². The van der Waals surface area contributed by atoms with E-state index in [9.17, 15) is 9.59 Å². The van der Waals surface area contributed by atoms with Crippen molar-refractivity contribution in [1.82, 2.24) is 4.90 Å². The third kappa shape index (κ3) is 6.66. The van der Waals surface area contributed by atoms with Crippen molar-refractivity contribution in [2.45, 2.75) is 6.54 Å². The molecule has 8 heteroatoms. The number of fused-ring (bicyclic) bond motifs is 1. The number of hydrogen-bond acceptors (Lipinski definition) is 7. The Morgan fingerprint density at radius 1 is 0.921 bits per heavy atom. The van der Waals surface area contributed by atoms with Gasteiger partial charge in [0.05, 0.1) is 49.5 Å². The molecule has 3 aromatic rings. The Hall–Kier alpha value is -3.98. The summed E-state index contributed by atoms with van der Waals surface area (Å²) >= 11 is 0. The third-order valence-electron chi connectivity index (χ3n) is 6.22. The molecule has 0 spiro atoms. The summed E-state index contributed by atoms with van der Waals surface area (Å²) in [5.41, 5.74) is 5.78. The van der Waals surface area contributed by atoms with Crippen molar-refractivity contribution in [3.05, 3.63) is 95.1 Å². The minimum atomic E-state index is -0.453. The lowest BCUT2D eigenvalue weighted by Crippen LogP contribution is -2.23. The van der Waals surface area contributed by atoms with Gasteiger partial charge >= 0.3 is 5.97 Å². The van der Waals surface area contributed by atoms with Crippen molar-refractivity contribution in [3.8, 4) is 0 Å². The van der Waals surface area contributed by atoms with E-state index in [-0.39, 0.29) is 5.91 Å². The summed E-state index contributed by atoms with van der Waals surface area (Å²) in [6, 6.07) is 23.0. The van der Waals surface area contributed by atoms with E-state index in [0.29, 0.717) is 42.3 Å². The number of amides is 1. The number of carbonyl (C=O) groups excluding carboxylic acids is 2. The Bertz CT molecular complexity index is 1290. The van der Waals surface area contributed by atoms with E-state index in [2.05, 4.69) is 34.7 Å². The van der Waals surface area contributed by atoms with E-state index >= 15 is 0 Å². The molecule has 3 aromatic carbocycles. The van der Waals surface area contributed by atoms with Gasteiger partial charge in [0.2, 0.25) is 0 Å². The van der Waals surface area contributed by atoms with Crippen molar-refractivity contribution in [2.24, 2.45) is 0 Å². The number of rotatable bonds is 12. The molecule has 1 heterocycles. The monoisotopic (exact) mass is 515 g/mol. The summed E-state index contributed by atoms with van der Waals surface area (Å²) in [7, 11) is 5.06. The highest BCUT2D eigenvalue weighted by Gasteiger charge is 2.29. The second-order valence-electron chi connectivity index (χ2n) is 8.99. The quantitative estimate of drug-likeness (QED) is 0.209. The molecule has 0 saturated carbocycles. The minimum Gasteiger partial charge on any atom is -0.465 e. The zero-order valence-corrected chi connectivity index (χ0v) is 22.0. The molecule has 4 rings (SSSR count).